The van der Waals surface area contributed by atoms with Crippen LogP contribution in [0.1, 0.15) is 91.8 Å². The number of hydrogen-bond donors (Lipinski definition) is 5. The number of likely N-dealkylation sites (tertiary alicyclic amines) is 1. The van der Waals surface area contributed by atoms with Gasteiger partial charge in [0.1, 0.15) is 10.8 Å². The van der Waals surface area contributed by atoms with E-state index in [0.29, 0.717) is 172 Å². The fourth-order valence-electron chi connectivity index (χ4n) is 11.2. The van der Waals surface area contributed by atoms with E-state index >= 15 is 0 Å². The predicted molar refractivity (Wildman–Crippen MR) is 305 cm³/mol. The number of carbonyl (C=O) groups is 3. The monoisotopic (exact) mass is 1310 g/mol. The Morgan fingerprint density at radius 1 is 1.00 bits per heavy atom. The first kappa shape index (κ1) is 61.7. The normalized spacial score (nSPS) is 15.9. The number of carbonyl (C=O) groups excluding carboxylic acids is 3. The van der Waals surface area contributed by atoms with Crippen LogP contribution in [0.4, 0.5) is 42.5 Å². The maximum absolute atomic E-state index is 14.8. The maximum atomic E-state index is 14.8. The second kappa shape index (κ2) is 28.2. The zero-order chi connectivity index (χ0) is 57.2. The number of allylic oxidation sites excluding steroid dienone is 1. The number of benzene rings is 2. The molecular formula is C55H71ClF2N15O7W-. The number of unbranched alkanes of at least 4 members (excludes halogenated alkanes) is 1. The Kier molecular flexibility index (Phi) is 21.5. The molecule has 5 aromatic rings. The smallest absolute Gasteiger partial charge is 0.317 e. The Morgan fingerprint density at radius 3 is 2.43 bits per heavy atom. The quantitative estimate of drug-likeness (QED) is 0.0463. The van der Waals surface area contributed by atoms with Gasteiger partial charge in [-0.3, -0.25) is 24.1 Å². The van der Waals surface area contributed by atoms with Gasteiger partial charge in [-0.25, -0.2) is 18.6 Å². The minimum absolute atomic E-state index is 0. The number of nitrogens with one attached hydrogen (secondary N) is 4. The van der Waals surface area contributed by atoms with Gasteiger partial charge in [0.2, 0.25) is 17.8 Å². The molecule has 0 radical (unpaired) electrons. The van der Waals surface area contributed by atoms with Crippen LogP contribution in [0.2, 0.25) is 5.02 Å². The van der Waals surface area contributed by atoms with Gasteiger partial charge >= 0.3 is 6.03 Å². The molecule has 2 fully saturated rings. The number of nitrogens with two attached hydrogens (primary N) is 1. The van der Waals surface area contributed by atoms with Crippen molar-refractivity contribution >= 4 is 81.1 Å². The number of fused-ring (bicyclic) bond motifs is 3. The van der Waals surface area contributed by atoms with Crippen LogP contribution >= 0.6 is 11.6 Å². The van der Waals surface area contributed by atoms with E-state index in [0.717, 1.165) is 30.4 Å². The number of aliphatic imine (C=N–C) groups is 1. The minimum atomic E-state index is -2.76. The summed E-state index contributed by atoms with van der Waals surface area (Å²) in [5.74, 6) is 1.86. The van der Waals surface area contributed by atoms with Crippen molar-refractivity contribution in [3.63, 3.8) is 0 Å². The van der Waals surface area contributed by atoms with Crippen LogP contribution in [0.15, 0.2) is 52.5 Å². The van der Waals surface area contributed by atoms with E-state index in [1.54, 1.807) is 50.3 Å². The predicted octanol–water partition coefficient (Wildman–Crippen LogP) is 7.01. The molecule has 0 unspecified atom stereocenters. The average Bonchev–Trinajstić information content (AvgIpc) is 3.99. The summed E-state index contributed by atoms with van der Waals surface area (Å²) in [7, 11) is 7.30. The van der Waals surface area contributed by atoms with Crippen molar-refractivity contribution in [2.24, 2.45) is 23.7 Å². The van der Waals surface area contributed by atoms with E-state index < -0.39 is 13.2 Å². The number of aliphatic hydroxyl groups is 1. The van der Waals surface area contributed by atoms with Crippen LogP contribution in [0.25, 0.3) is 22.2 Å². The summed E-state index contributed by atoms with van der Waals surface area (Å²) in [6.07, 6.45) is 7.85. The number of hydrogen-bond acceptors (Lipinski definition) is 15. The number of aliphatic hydroxyl groups excluding tert-OH is 1. The molecule has 2 aromatic carbocycles. The Morgan fingerprint density at radius 2 is 1.75 bits per heavy atom. The number of piperidine rings is 2. The molecule has 0 saturated carbocycles. The summed E-state index contributed by atoms with van der Waals surface area (Å²) < 4.78 is 43.9. The van der Waals surface area contributed by atoms with Crippen molar-refractivity contribution < 1.29 is 58.8 Å². The van der Waals surface area contributed by atoms with Crippen molar-refractivity contribution in [1.82, 2.24) is 44.7 Å². The molecule has 3 aromatic heterocycles. The average molecular weight is 1310 g/mol. The molecule has 0 aliphatic carbocycles. The second-order valence-corrected chi connectivity index (χ2v) is 20.4. The van der Waals surface area contributed by atoms with Gasteiger partial charge in [-0.1, -0.05) is 11.6 Å². The van der Waals surface area contributed by atoms with Crippen molar-refractivity contribution in [3.05, 3.63) is 91.8 Å². The van der Waals surface area contributed by atoms with Crippen molar-refractivity contribution in [3.8, 4) is 11.5 Å². The molecule has 4 aliphatic heterocycles. The first-order valence-corrected chi connectivity index (χ1v) is 27.3. The van der Waals surface area contributed by atoms with Crippen molar-refractivity contribution in [2.75, 3.05) is 96.0 Å². The molecule has 81 heavy (non-hydrogen) atoms. The molecule has 0 atom stereocenters. The molecule has 9 rings (SSSR count). The Labute approximate surface area is 488 Å². The first-order valence-electron chi connectivity index (χ1n) is 26.9. The van der Waals surface area contributed by atoms with Crippen molar-refractivity contribution in [1.29, 1.82) is 0 Å². The number of methoxy groups -OCH3 is 1. The van der Waals surface area contributed by atoms with E-state index in [1.807, 2.05) is 20.8 Å². The zero-order valence-electron chi connectivity index (χ0n) is 46.3. The summed E-state index contributed by atoms with van der Waals surface area (Å²) >= 11 is 6.57. The maximum Gasteiger partial charge on any atom is 0.317 e. The van der Waals surface area contributed by atoms with Gasteiger partial charge in [0.25, 0.3) is 12.0 Å². The van der Waals surface area contributed by atoms with Crippen molar-refractivity contribution in [2.45, 2.75) is 83.2 Å². The molecule has 0 spiro atoms. The number of pyridine rings is 1. The summed E-state index contributed by atoms with van der Waals surface area (Å²) in [4.78, 5) is 73.5. The molecule has 26 heteroatoms. The number of aromatic nitrogens is 5. The van der Waals surface area contributed by atoms with Gasteiger partial charge in [-0.2, -0.15) is 10.1 Å². The second-order valence-electron chi connectivity index (χ2n) is 19.9. The third-order valence-corrected chi connectivity index (χ3v) is 15.6. The molecular weight excluding hydrogens is 1240 g/mol. The molecule has 4 amide bonds. The number of nitrogens with zero attached hydrogens (tertiary/aromatic N) is 10. The largest absolute Gasteiger partial charge is 0.644 e. The molecule has 7 N–H and O–H groups in total. The number of alkyl halides is 2. The number of amides is 4. The Balaban J connectivity index is 0.00000312. The van der Waals surface area contributed by atoms with Gasteiger partial charge in [-0.15, -0.1) is 0 Å². The SMILES string of the molecule is CN=C/C(=C\N)c1cc2c(cc1C(F)F)N(c1nn(C3CCN(C(=O)CCCCNC(=O)C4CCN(c5ncc(Cl)c(Nc6cc(OC)c7c(c6)cc(OC[NH-])c(=O)n7C)n5)CC4)CC3)c3c1CN(C(=O)NC)CC3)CCC2.CO.[W]. The number of halogens is 3. The van der Waals surface area contributed by atoms with Gasteiger partial charge < -0.3 is 66.2 Å². The number of rotatable bonds is 17. The molecule has 2 saturated heterocycles. The molecule has 436 valence electrons. The van der Waals surface area contributed by atoms with Crippen LogP contribution in [0, 0.1) is 5.92 Å². The van der Waals surface area contributed by atoms with E-state index in [2.05, 4.69) is 30.6 Å². The summed E-state index contributed by atoms with van der Waals surface area (Å²) in [6.45, 7) is 3.70. The molecule has 7 heterocycles. The van der Waals surface area contributed by atoms with Crippen LogP contribution in [-0.4, -0.2) is 144 Å². The Bertz CT molecular complexity index is 3180. The molecule has 22 nitrogen and oxygen atoms in total. The fourth-order valence-corrected chi connectivity index (χ4v) is 11.4. The van der Waals surface area contributed by atoms with E-state index in [1.165, 1.54) is 30.3 Å². The van der Waals surface area contributed by atoms with E-state index in [4.69, 9.17) is 47.7 Å². The fraction of sp³-hybridized carbons (Fsp3) is 0.491. The number of anilines is 5. The molecule has 4 aliphatic rings. The van der Waals surface area contributed by atoms with Crippen LogP contribution in [0.5, 0.6) is 11.5 Å². The van der Waals surface area contributed by atoms with Crippen LogP contribution < -0.4 is 46.5 Å². The number of ether oxygens (including phenoxy) is 2. The van der Waals surface area contributed by atoms with Gasteiger partial charge in [-0.05, 0) is 93.5 Å². The van der Waals surface area contributed by atoms with Crippen LogP contribution in [0.3, 0.4) is 0 Å². The zero-order valence-corrected chi connectivity index (χ0v) is 50.0. The number of aryl methyl sites for hydroxylation is 2. The minimum Gasteiger partial charge on any atom is -0.644 e. The molecule has 0 bridgehead atoms. The summed E-state index contributed by atoms with van der Waals surface area (Å²) in [5, 5.41) is 22.3. The first-order chi connectivity index (χ1) is 38.7. The number of urea groups is 1. The van der Waals surface area contributed by atoms with Gasteiger partial charge in [0.15, 0.2) is 17.4 Å². The Hall–Kier alpha value is -6.88. The van der Waals surface area contributed by atoms with E-state index in [-0.39, 0.29) is 67.7 Å². The van der Waals surface area contributed by atoms with Gasteiger partial charge in [0, 0.05) is 172 Å². The van der Waals surface area contributed by atoms with Crippen LogP contribution in [-0.2, 0) is 57.1 Å². The standard InChI is InChI=1S/C54H67ClF2N15O6.CH4O.W/c1-60-28-35(27-58)38-23-33-8-7-16-71(43(33)26-39(38)48(56)57)50-40-30-70(54(76)61-2)21-14-42(40)72(66-50)37-12-19-68(20-13-37)46(73)9-5-6-15-62-51(74)32-10-17-69(18-11-32)53-63-29-41(55)49(65-53)64-36-22-34-24-45(78-31-59)52(75)67(3)47(34)44(25-36)77-4;1-2;/h22-29,32,37,48,59H,5-21,30-31,58H2,1-4H3,(H,61,76)(H,62,74)(H,63,64,65);2H,1H3;/q-1;;/b35-27+,60-28?;;. The summed E-state index contributed by atoms with van der Waals surface area (Å²) in [5.41, 5.74) is 18.2. The third-order valence-electron chi connectivity index (χ3n) is 15.3. The summed E-state index contributed by atoms with van der Waals surface area (Å²) in [6, 6.07) is 8.28. The third kappa shape index (κ3) is 13.6. The van der Waals surface area contributed by atoms with Gasteiger partial charge in [0.05, 0.1) is 31.4 Å². The van der Waals surface area contributed by atoms with E-state index in [9.17, 15) is 28.0 Å². The topological polar surface area (TPSA) is 267 Å².